The minimum atomic E-state index is 0. The molecule has 2 saturated heterocycles. The zero-order valence-corrected chi connectivity index (χ0v) is 16.3. The van der Waals surface area contributed by atoms with Gasteiger partial charge in [0.2, 0.25) is 5.91 Å². The van der Waals surface area contributed by atoms with Crippen LogP contribution in [0.1, 0.15) is 56.9 Å². The molecule has 1 aromatic carbocycles. The van der Waals surface area contributed by atoms with Crippen molar-refractivity contribution in [1.29, 1.82) is 0 Å². The molecule has 1 amide bonds. The number of rotatable bonds is 5. The highest BCUT2D eigenvalue weighted by molar-refractivity contribution is 5.85. The van der Waals surface area contributed by atoms with Gasteiger partial charge in [-0.25, -0.2) is 0 Å². The van der Waals surface area contributed by atoms with Crippen LogP contribution in [0.25, 0.3) is 0 Å². The Morgan fingerprint density at radius 1 is 1.12 bits per heavy atom. The predicted molar refractivity (Wildman–Crippen MR) is 106 cm³/mol. The standard InChI is InChI=1S/C21H30N2O2.ClH/c24-21(23-17-9-10-18(23)15-22-13-12-17)11-8-16-4-3-7-20(14-16)25-19-5-1-2-6-19;/h3-4,7,14,17-19,22H,1-2,5-6,8-13,15H2;1H. The highest BCUT2D eigenvalue weighted by Crippen LogP contribution is 2.29. The Balaban J connectivity index is 0.00000196. The molecule has 2 bridgehead atoms. The molecular formula is C21H31ClN2O2. The Kier molecular flexibility index (Phi) is 6.82. The van der Waals surface area contributed by atoms with E-state index in [4.69, 9.17) is 4.74 Å². The van der Waals surface area contributed by atoms with Gasteiger partial charge in [-0.15, -0.1) is 12.4 Å². The third kappa shape index (κ3) is 4.52. The Labute approximate surface area is 163 Å². The molecule has 4 rings (SSSR count). The second-order valence-electron chi connectivity index (χ2n) is 7.85. The number of amides is 1. The van der Waals surface area contributed by atoms with Crippen molar-refractivity contribution < 1.29 is 9.53 Å². The molecule has 5 heteroatoms. The van der Waals surface area contributed by atoms with Crippen LogP contribution in [0.4, 0.5) is 0 Å². The summed E-state index contributed by atoms with van der Waals surface area (Å²) in [6.45, 7) is 2.01. The highest BCUT2D eigenvalue weighted by Gasteiger charge is 2.37. The maximum Gasteiger partial charge on any atom is 0.223 e. The van der Waals surface area contributed by atoms with Crippen LogP contribution in [-0.2, 0) is 11.2 Å². The van der Waals surface area contributed by atoms with Gasteiger partial charge in [-0.3, -0.25) is 4.79 Å². The van der Waals surface area contributed by atoms with Crippen molar-refractivity contribution in [2.45, 2.75) is 76.0 Å². The molecule has 1 N–H and O–H groups in total. The summed E-state index contributed by atoms with van der Waals surface area (Å²) in [7, 11) is 0. The molecule has 3 fully saturated rings. The monoisotopic (exact) mass is 378 g/mol. The molecule has 0 aromatic heterocycles. The molecule has 0 radical (unpaired) electrons. The van der Waals surface area contributed by atoms with Crippen LogP contribution >= 0.6 is 12.4 Å². The van der Waals surface area contributed by atoms with Gasteiger partial charge in [-0.2, -0.15) is 0 Å². The van der Waals surface area contributed by atoms with Crippen LogP contribution in [-0.4, -0.2) is 42.1 Å². The molecule has 2 unspecified atom stereocenters. The van der Waals surface area contributed by atoms with Gasteiger partial charge in [0.05, 0.1) is 6.10 Å². The van der Waals surface area contributed by atoms with E-state index in [9.17, 15) is 4.79 Å². The van der Waals surface area contributed by atoms with Gasteiger partial charge < -0.3 is 15.0 Å². The van der Waals surface area contributed by atoms with Gasteiger partial charge >= 0.3 is 0 Å². The fraction of sp³-hybridized carbons (Fsp3) is 0.667. The molecule has 3 aliphatic rings. The number of nitrogens with one attached hydrogen (secondary N) is 1. The van der Waals surface area contributed by atoms with E-state index in [-0.39, 0.29) is 12.4 Å². The van der Waals surface area contributed by atoms with E-state index in [2.05, 4.69) is 28.4 Å². The number of benzene rings is 1. The molecule has 2 atom stereocenters. The smallest absolute Gasteiger partial charge is 0.223 e. The lowest BCUT2D eigenvalue weighted by Crippen LogP contribution is -2.42. The van der Waals surface area contributed by atoms with Gasteiger partial charge in [0.1, 0.15) is 5.75 Å². The van der Waals surface area contributed by atoms with Gasteiger partial charge in [0.25, 0.3) is 0 Å². The molecule has 1 saturated carbocycles. The van der Waals surface area contributed by atoms with Crippen molar-refractivity contribution in [3.63, 3.8) is 0 Å². The minimum absolute atomic E-state index is 0. The number of carbonyl (C=O) groups excluding carboxylic acids is 1. The number of hydrogen-bond acceptors (Lipinski definition) is 3. The Hall–Kier alpha value is -1.26. The fourth-order valence-corrected chi connectivity index (χ4v) is 4.74. The van der Waals surface area contributed by atoms with Crippen molar-refractivity contribution in [3.05, 3.63) is 29.8 Å². The van der Waals surface area contributed by atoms with Crippen LogP contribution in [0.2, 0.25) is 0 Å². The Bertz CT molecular complexity index is 589. The largest absolute Gasteiger partial charge is 0.490 e. The van der Waals surface area contributed by atoms with Gasteiger partial charge in [0, 0.05) is 25.0 Å². The summed E-state index contributed by atoms with van der Waals surface area (Å²) in [5, 5.41) is 3.47. The topological polar surface area (TPSA) is 41.6 Å². The van der Waals surface area contributed by atoms with Crippen LogP contribution in [0.3, 0.4) is 0 Å². The van der Waals surface area contributed by atoms with Gasteiger partial charge in [-0.05, 0) is 75.6 Å². The second-order valence-corrected chi connectivity index (χ2v) is 7.85. The first kappa shape index (κ1) is 19.5. The number of ether oxygens (including phenoxy) is 1. The molecule has 2 aliphatic heterocycles. The van der Waals surface area contributed by atoms with E-state index in [1.54, 1.807) is 0 Å². The van der Waals surface area contributed by atoms with Crippen LogP contribution in [0.5, 0.6) is 5.75 Å². The fourth-order valence-electron chi connectivity index (χ4n) is 4.74. The summed E-state index contributed by atoms with van der Waals surface area (Å²) < 4.78 is 6.10. The molecule has 26 heavy (non-hydrogen) atoms. The van der Waals surface area contributed by atoms with E-state index in [0.717, 1.165) is 38.1 Å². The maximum atomic E-state index is 12.8. The van der Waals surface area contributed by atoms with E-state index < -0.39 is 0 Å². The number of halogens is 1. The van der Waals surface area contributed by atoms with E-state index in [1.807, 2.05) is 6.07 Å². The Morgan fingerprint density at radius 3 is 2.77 bits per heavy atom. The van der Waals surface area contributed by atoms with E-state index in [0.29, 0.717) is 30.5 Å². The number of hydrogen-bond donors (Lipinski definition) is 1. The number of carbonyl (C=O) groups is 1. The molecule has 0 spiro atoms. The van der Waals surface area contributed by atoms with E-state index in [1.165, 1.54) is 37.7 Å². The van der Waals surface area contributed by atoms with Gasteiger partial charge in [0.15, 0.2) is 0 Å². The molecule has 2 heterocycles. The zero-order chi connectivity index (χ0) is 17.1. The molecule has 144 valence electrons. The average Bonchev–Trinajstić information content (AvgIpc) is 3.20. The highest BCUT2D eigenvalue weighted by atomic mass is 35.5. The molecule has 1 aromatic rings. The second kappa shape index (κ2) is 9.09. The molecule has 1 aliphatic carbocycles. The first-order chi connectivity index (χ1) is 12.3. The van der Waals surface area contributed by atoms with Crippen molar-refractivity contribution in [3.8, 4) is 5.75 Å². The summed E-state index contributed by atoms with van der Waals surface area (Å²) >= 11 is 0. The summed E-state index contributed by atoms with van der Waals surface area (Å²) in [5.74, 6) is 1.30. The maximum absolute atomic E-state index is 12.8. The molecule has 4 nitrogen and oxygen atoms in total. The number of nitrogens with zero attached hydrogens (tertiary/aromatic N) is 1. The predicted octanol–water partition coefficient (Wildman–Crippen LogP) is 3.72. The first-order valence-electron chi connectivity index (χ1n) is 10.1. The van der Waals surface area contributed by atoms with Crippen molar-refractivity contribution in [1.82, 2.24) is 10.2 Å². The quantitative estimate of drug-likeness (QED) is 0.849. The van der Waals surface area contributed by atoms with Crippen molar-refractivity contribution in [2.75, 3.05) is 13.1 Å². The third-order valence-electron chi connectivity index (χ3n) is 6.07. The number of fused-ring (bicyclic) bond motifs is 2. The lowest BCUT2D eigenvalue weighted by molar-refractivity contribution is -0.133. The van der Waals surface area contributed by atoms with Crippen LogP contribution in [0.15, 0.2) is 24.3 Å². The lowest BCUT2D eigenvalue weighted by atomic mass is 10.1. The molecular weight excluding hydrogens is 348 g/mol. The summed E-state index contributed by atoms with van der Waals surface area (Å²) in [6, 6.07) is 9.23. The lowest BCUT2D eigenvalue weighted by Gasteiger charge is -2.28. The Morgan fingerprint density at radius 2 is 1.92 bits per heavy atom. The van der Waals surface area contributed by atoms with Crippen molar-refractivity contribution in [2.24, 2.45) is 0 Å². The average molecular weight is 379 g/mol. The van der Waals surface area contributed by atoms with Gasteiger partial charge in [-0.1, -0.05) is 12.1 Å². The zero-order valence-electron chi connectivity index (χ0n) is 15.5. The van der Waals surface area contributed by atoms with Crippen LogP contribution < -0.4 is 10.1 Å². The van der Waals surface area contributed by atoms with E-state index >= 15 is 0 Å². The summed E-state index contributed by atoms with van der Waals surface area (Å²) in [5.41, 5.74) is 1.21. The summed E-state index contributed by atoms with van der Waals surface area (Å²) in [6.07, 6.45) is 10.2. The van der Waals surface area contributed by atoms with Crippen LogP contribution in [0, 0.1) is 0 Å². The number of aryl methyl sites for hydroxylation is 1. The third-order valence-corrected chi connectivity index (χ3v) is 6.07. The van der Waals surface area contributed by atoms with Crippen molar-refractivity contribution >= 4 is 18.3 Å². The minimum Gasteiger partial charge on any atom is -0.490 e. The summed E-state index contributed by atoms with van der Waals surface area (Å²) in [4.78, 5) is 15.0. The SMILES string of the molecule is Cl.O=C(CCc1cccc(OC2CCCC2)c1)N1C2CCNCC1CC2. The normalized spacial score (nSPS) is 25.6. The first-order valence-corrected chi connectivity index (χ1v) is 10.1.